The van der Waals surface area contributed by atoms with Gasteiger partial charge in [-0.25, -0.2) is 0 Å². The van der Waals surface area contributed by atoms with Gasteiger partial charge in [-0.05, 0) is 31.7 Å². The molecule has 7 nitrogen and oxygen atoms in total. The number of hydrogen-bond acceptors (Lipinski definition) is 4. The van der Waals surface area contributed by atoms with E-state index in [0.717, 1.165) is 36.8 Å². The quantitative estimate of drug-likeness (QED) is 0.467. The second-order valence-electron chi connectivity index (χ2n) is 8.48. The van der Waals surface area contributed by atoms with E-state index in [9.17, 15) is 19.7 Å². The van der Waals surface area contributed by atoms with Gasteiger partial charge >= 0.3 is 0 Å². The minimum absolute atomic E-state index is 0.0837. The van der Waals surface area contributed by atoms with Crippen LogP contribution in [-0.4, -0.2) is 33.7 Å². The van der Waals surface area contributed by atoms with Crippen molar-refractivity contribution in [2.45, 2.75) is 71.0 Å². The van der Waals surface area contributed by atoms with Gasteiger partial charge in [0, 0.05) is 24.2 Å². The van der Waals surface area contributed by atoms with Crippen molar-refractivity contribution < 1.29 is 14.5 Å². The molecule has 1 aliphatic carbocycles. The van der Waals surface area contributed by atoms with Crippen molar-refractivity contribution in [1.82, 2.24) is 10.2 Å². The van der Waals surface area contributed by atoms with Crippen molar-refractivity contribution in [3.63, 3.8) is 0 Å². The summed E-state index contributed by atoms with van der Waals surface area (Å²) in [5, 5.41) is 14.5. The van der Waals surface area contributed by atoms with Gasteiger partial charge in [0.25, 0.3) is 5.69 Å². The van der Waals surface area contributed by atoms with Crippen LogP contribution in [0, 0.1) is 17.0 Å². The predicted molar refractivity (Wildman–Crippen MR) is 123 cm³/mol. The highest BCUT2D eigenvalue weighted by atomic mass is 16.6. The summed E-state index contributed by atoms with van der Waals surface area (Å²) in [4.78, 5) is 39.1. The lowest BCUT2D eigenvalue weighted by atomic mass is 10.0. The molecule has 0 unspecified atom stereocenters. The van der Waals surface area contributed by atoms with Crippen molar-refractivity contribution in [3.8, 4) is 0 Å². The number of carbonyl (C=O) groups is 2. The predicted octanol–water partition coefficient (Wildman–Crippen LogP) is 4.31. The van der Waals surface area contributed by atoms with E-state index in [1.54, 1.807) is 23.1 Å². The smallest absolute Gasteiger partial charge is 0.273 e. The molecular weight excluding hydrogens is 406 g/mol. The van der Waals surface area contributed by atoms with Gasteiger partial charge in [0.05, 0.1) is 11.3 Å². The molecule has 1 aliphatic rings. The Morgan fingerprint density at radius 2 is 1.78 bits per heavy atom. The van der Waals surface area contributed by atoms with Crippen molar-refractivity contribution in [2.24, 2.45) is 0 Å². The van der Waals surface area contributed by atoms with Crippen LogP contribution < -0.4 is 5.32 Å². The van der Waals surface area contributed by atoms with E-state index in [2.05, 4.69) is 5.32 Å². The van der Waals surface area contributed by atoms with E-state index in [1.165, 1.54) is 6.07 Å². The summed E-state index contributed by atoms with van der Waals surface area (Å²) in [6.07, 6.45) is 4.47. The molecule has 2 amide bonds. The van der Waals surface area contributed by atoms with Crippen LogP contribution >= 0.6 is 0 Å². The molecule has 0 saturated heterocycles. The molecule has 32 heavy (non-hydrogen) atoms. The van der Waals surface area contributed by atoms with E-state index in [4.69, 9.17) is 0 Å². The van der Waals surface area contributed by atoms with Gasteiger partial charge < -0.3 is 10.2 Å². The molecule has 2 aromatic rings. The molecule has 0 spiro atoms. The van der Waals surface area contributed by atoms with Gasteiger partial charge in [-0.3, -0.25) is 19.7 Å². The molecular formula is C25H31N3O4. The number of nitrogens with one attached hydrogen (secondary N) is 1. The molecule has 1 atom stereocenters. The summed E-state index contributed by atoms with van der Waals surface area (Å²) in [5.41, 5.74) is 2.29. The first-order valence-corrected chi connectivity index (χ1v) is 11.3. The minimum Gasteiger partial charge on any atom is -0.352 e. The summed E-state index contributed by atoms with van der Waals surface area (Å²) in [6, 6.07) is 13.6. The first-order chi connectivity index (χ1) is 15.4. The lowest BCUT2D eigenvalue weighted by Gasteiger charge is -2.31. The van der Waals surface area contributed by atoms with Gasteiger partial charge in [-0.15, -0.1) is 0 Å². The van der Waals surface area contributed by atoms with Crippen LogP contribution in [0.25, 0.3) is 0 Å². The number of carbonyl (C=O) groups excluding carboxylic acids is 2. The zero-order valence-corrected chi connectivity index (χ0v) is 18.8. The summed E-state index contributed by atoms with van der Waals surface area (Å²) >= 11 is 0. The Kier molecular flexibility index (Phi) is 7.98. The fraction of sp³-hybridized carbons (Fsp3) is 0.440. The highest BCUT2D eigenvalue weighted by molar-refractivity contribution is 5.89. The Hall–Kier alpha value is -3.22. The van der Waals surface area contributed by atoms with E-state index in [1.807, 2.05) is 38.1 Å². The summed E-state index contributed by atoms with van der Waals surface area (Å²) in [7, 11) is 0. The van der Waals surface area contributed by atoms with E-state index in [0.29, 0.717) is 12.0 Å². The SMILES string of the molecule is CC[C@@H](C(=O)NC1CCCC1)N(Cc1ccc(C)cc1)C(=O)Cc1ccccc1[N+](=O)[O-]. The fourth-order valence-electron chi connectivity index (χ4n) is 4.28. The van der Waals surface area contributed by atoms with Gasteiger partial charge in [-0.2, -0.15) is 0 Å². The first-order valence-electron chi connectivity index (χ1n) is 11.3. The topological polar surface area (TPSA) is 92.6 Å². The highest BCUT2D eigenvalue weighted by Gasteiger charge is 2.31. The van der Waals surface area contributed by atoms with Crippen LogP contribution in [0.1, 0.15) is 55.7 Å². The number of nitro groups is 1. The fourth-order valence-corrected chi connectivity index (χ4v) is 4.28. The Morgan fingerprint density at radius 1 is 1.12 bits per heavy atom. The van der Waals surface area contributed by atoms with Gasteiger partial charge in [0.15, 0.2) is 0 Å². The third-order valence-electron chi connectivity index (χ3n) is 6.09. The standard InChI is InChI=1S/C25H31N3O4/c1-3-22(25(30)26-21-9-5-6-10-21)27(17-19-14-12-18(2)13-15-19)24(29)16-20-8-4-7-11-23(20)28(31)32/h4,7-8,11-15,21-22H,3,5-6,9-10,16-17H2,1-2H3,(H,26,30)/t22-/m0/s1. The average molecular weight is 438 g/mol. The number of aryl methyl sites for hydroxylation is 1. The minimum atomic E-state index is -0.632. The number of nitrogens with zero attached hydrogens (tertiary/aromatic N) is 2. The van der Waals surface area contributed by atoms with Crippen molar-refractivity contribution >= 4 is 17.5 Å². The molecule has 0 radical (unpaired) electrons. The first kappa shape index (κ1) is 23.4. The van der Waals surface area contributed by atoms with Crippen molar-refractivity contribution in [2.75, 3.05) is 0 Å². The van der Waals surface area contributed by atoms with Gasteiger partial charge in [-0.1, -0.05) is 67.8 Å². The van der Waals surface area contributed by atoms with Crippen molar-refractivity contribution in [1.29, 1.82) is 0 Å². The summed E-state index contributed by atoms with van der Waals surface area (Å²) in [6.45, 7) is 4.15. The Bertz CT molecular complexity index is 952. The summed E-state index contributed by atoms with van der Waals surface area (Å²) in [5.74, 6) is -0.448. The Labute approximate surface area is 189 Å². The molecule has 3 rings (SSSR count). The number of nitro benzene ring substituents is 1. The van der Waals surface area contributed by atoms with Crippen LogP contribution in [0.5, 0.6) is 0 Å². The maximum atomic E-state index is 13.4. The van der Waals surface area contributed by atoms with Gasteiger partial charge in [0.1, 0.15) is 6.04 Å². The maximum Gasteiger partial charge on any atom is 0.273 e. The monoisotopic (exact) mass is 437 g/mol. The molecule has 1 fully saturated rings. The molecule has 1 saturated carbocycles. The third-order valence-corrected chi connectivity index (χ3v) is 6.09. The average Bonchev–Trinajstić information content (AvgIpc) is 3.28. The van der Waals surface area contributed by atoms with Crippen LogP contribution in [0.2, 0.25) is 0 Å². The number of hydrogen-bond donors (Lipinski definition) is 1. The highest BCUT2D eigenvalue weighted by Crippen LogP contribution is 2.22. The largest absolute Gasteiger partial charge is 0.352 e. The van der Waals surface area contributed by atoms with Crippen LogP contribution in [-0.2, 0) is 22.6 Å². The lowest BCUT2D eigenvalue weighted by Crippen LogP contribution is -2.51. The summed E-state index contributed by atoms with van der Waals surface area (Å²) < 4.78 is 0. The van der Waals surface area contributed by atoms with Gasteiger partial charge in [0.2, 0.25) is 11.8 Å². The maximum absolute atomic E-state index is 13.4. The van der Waals surface area contributed by atoms with E-state index in [-0.39, 0.29) is 36.5 Å². The zero-order chi connectivity index (χ0) is 23.1. The number of para-hydroxylation sites is 1. The molecule has 1 N–H and O–H groups in total. The van der Waals surface area contributed by atoms with Crippen LogP contribution in [0.15, 0.2) is 48.5 Å². The molecule has 0 aliphatic heterocycles. The zero-order valence-electron chi connectivity index (χ0n) is 18.8. The number of amides is 2. The van der Waals surface area contributed by atoms with Crippen molar-refractivity contribution in [3.05, 3.63) is 75.3 Å². The third kappa shape index (κ3) is 5.93. The molecule has 0 aromatic heterocycles. The molecule has 170 valence electrons. The second kappa shape index (κ2) is 10.9. The van der Waals surface area contributed by atoms with E-state index >= 15 is 0 Å². The molecule has 7 heteroatoms. The number of benzene rings is 2. The molecule has 0 heterocycles. The Morgan fingerprint density at radius 3 is 2.41 bits per heavy atom. The van der Waals surface area contributed by atoms with Crippen LogP contribution in [0.3, 0.4) is 0 Å². The van der Waals surface area contributed by atoms with Crippen LogP contribution in [0.4, 0.5) is 5.69 Å². The molecule has 2 aromatic carbocycles. The number of rotatable bonds is 9. The Balaban J connectivity index is 1.86. The second-order valence-corrected chi connectivity index (χ2v) is 8.48. The van der Waals surface area contributed by atoms with E-state index < -0.39 is 11.0 Å². The lowest BCUT2D eigenvalue weighted by molar-refractivity contribution is -0.385. The normalized spacial score (nSPS) is 14.7. The molecule has 0 bridgehead atoms.